The quantitative estimate of drug-likeness (QED) is 0.519. The van der Waals surface area contributed by atoms with Gasteiger partial charge in [0.2, 0.25) is 0 Å². The minimum absolute atomic E-state index is 0.153. The fraction of sp³-hybridized carbons (Fsp3) is 0.0833. The molecule has 0 fully saturated rings. The summed E-state index contributed by atoms with van der Waals surface area (Å²) in [6.45, 7) is 2.07. The Hall–Kier alpha value is -3.66. The second-order valence-electron chi connectivity index (χ2n) is 6.65. The number of hydrogen-bond donors (Lipinski definition) is 1. The number of benzene rings is 3. The molecule has 0 unspecified atom stereocenters. The molecule has 0 aliphatic carbocycles. The molecule has 4 heteroatoms. The Bertz CT molecular complexity index is 1150. The van der Waals surface area contributed by atoms with Crippen LogP contribution in [0.25, 0.3) is 21.9 Å². The lowest BCUT2D eigenvalue weighted by Crippen LogP contribution is -2.11. The van der Waals surface area contributed by atoms with Crippen LogP contribution in [0.4, 0.5) is 5.69 Å². The van der Waals surface area contributed by atoms with Crippen molar-refractivity contribution in [2.75, 3.05) is 12.4 Å². The van der Waals surface area contributed by atoms with E-state index < -0.39 is 0 Å². The lowest BCUT2D eigenvalue weighted by Gasteiger charge is -2.12. The van der Waals surface area contributed by atoms with E-state index in [1.807, 2.05) is 30.5 Å². The second kappa shape index (κ2) is 7.53. The van der Waals surface area contributed by atoms with Gasteiger partial charge in [-0.15, -0.1) is 0 Å². The van der Waals surface area contributed by atoms with E-state index in [1.165, 1.54) is 0 Å². The first-order valence-corrected chi connectivity index (χ1v) is 9.04. The molecule has 1 N–H and O–H groups in total. The first-order valence-electron chi connectivity index (χ1n) is 9.04. The molecule has 0 atom stereocenters. The van der Waals surface area contributed by atoms with Gasteiger partial charge in [-0.1, -0.05) is 18.2 Å². The van der Waals surface area contributed by atoms with Crippen LogP contribution in [0.3, 0.4) is 0 Å². The molecule has 3 aromatic carbocycles. The smallest absolute Gasteiger partial charge is 0.255 e. The molecule has 0 aliphatic heterocycles. The molecule has 0 bridgehead atoms. The van der Waals surface area contributed by atoms with Crippen LogP contribution in [-0.2, 0) is 0 Å². The van der Waals surface area contributed by atoms with E-state index >= 15 is 0 Å². The van der Waals surface area contributed by atoms with Gasteiger partial charge in [-0.05, 0) is 77.5 Å². The third-order valence-corrected chi connectivity index (χ3v) is 4.80. The lowest BCUT2D eigenvalue weighted by molar-refractivity contribution is 0.102. The number of nitrogens with one attached hydrogen (secondary N) is 1. The Morgan fingerprint density at radius 2 is 1.75 bits per heavy atom. The van der Waals surface area contributed by atoms with Crippen LogP contribution in [0, 0.1) is 6.92 Å². The van der Waals surface area contributed by atoms with Crippen LogP contribution >= 0.6 is 0 Å². The molecule has 4 nitrogen and oxygen atoms in total. The third kappa shape index (κ3) is 3.58. The number of carbonyl (C=O) groups excluding carboxylic acids is 1. The van der Waals surface area contributed by atoms with E-state index in [0.717, 1.165) is 38.9 Å². The molecule has 0 saturated heterocycles. The topological polar surface area (TPSA) is 51.2 Å². The Morgan fingerprint density at radius 1 is 0.929 bits per heavy atom. The predicted octanol–water partition coefficient (Wildman–Crippen LogP) is 5.47. The summed E-state index contributed by atoms with van der Waals surface area (Å²) >= 11 is 0. The maximum absolute atomic E-state index is 12.6. The van der Waals surface area contributed by atoms with E-state index in [-0.39, 0.29) is 5.91 Å². The number of rotatable bonds is 4. The van der Waals surface area contributed by atoms with E-state index in [2.05, 4.69) is 35.4 Å². The maximum atomic E-state index is 12.6. The maximum Gasteiger partial charge on any atom is 0.255 e. The highest BCUT2D eigenvalue weighted by Crippen LogP contribution is 2.29. The Balaban J connectivity index is 1.63. The van der Waals surface area contributed by atoms with Crippen molar-refractivity contribution in [3.63, 3.8) is 0 Å². The second-order valence-corrected chi connectivity index (χ2v) is 6.65. The summed E-state index contributed by atoms with van der Waals surface area (Å²) in [5, 5.41) is 5.22. The largest absolute Gasteiger partial charge is 0.497 e. The minimum atomic E-state index is -0.153. The fourth-order valence-corrected chi connectivity index (χ4v) is 3.21. The van der Waals surface area contributed by atoms with Gasteiger partial charge in [0.15, 0.2) is 0 Å². The number of fused-ring (bicyclic) bond motifs is 1. The number of hydrogen-bond acceptors (Lipinski definition) is 3. The lowest BCUT2D eigenvalue weighted by atomic mass is 9.98. The summed E-state index contributed by atoms with van der Waals surface area (Å²) in [6.07, 6.45) is 3.66. The molecule has 1 aromatic heterocycles. The Labute approximate surface area is 163 Å². The molecule has 138 valence electrons. The molecule has 0 radical (unpaired) electrons. The molecule has 1 amide bonds. The summed E-state index contributed by atoms with van der Waals surface area (Å²) in [4.78, 5) is 16.8. The molecule has 0 spiro atoms. The first kappa shape index (κ1) is 17.7. The van der Waals surface area contributed by atoms with Crippen molar-refractivity contribution in [2.24, 2.45) is 0 Å². The highest BCUT2D eigenvalue weighted by molar-refractivity contribution is 6.04. The van der Waals surface area contributed by atoms with E-state index in [1.54, 1.807) is 37.6 Å². The van der Waals surface area contributed by atoms with Gasteiger partial charge in [0.05, 0.1) is 7.11 Å². The highest BCUT2D eigenvalue weighted by atomic mass is 16.5. The predicted molar refractivity (Wildman–Crippen MR) is 113 cm³/mol. The van der Waals surface area contributed by atoms with Gasteiger partial charge < -0.3 is 10.1 Å². The highest BCUT2D eigenvalue weighted by Gasteiger charge is 2.09. The average Bonchev–Trinajstić information content (AvgIpc) is 2.74. The van der Waals surface area contributed by atoms with Crippen LogP contribution < -0.4 is 10.1 Å². The zero-order chi connectivity index (χ0) is 19.5. The number of amides is 1. The van der Waals surface area contributed by atoms with Crippen LogP contribution in [0.5, 0.6) is 5.75 Å². The fourth-order valence-electron chi connectivity index (χ4n) is 3.21. The normalized spacial score (nSPS) is 10.6. The number of methoxy groups -OCH3 is 1. The van der Waals surface area contributed by atoms with Crippen LogP contribution in [0.2, 0.25) is 0 Å². The number of carbonyl (C=O) groups is 1. The van der Waals surface area contributed by atoms with Crippen molar-refractivity contribution >= 4 is 22.4 Å². The molecular formula is C24H20N2O2. The summed E-state index contributed by atoms with van der Waals surface area (Å²) in [7, 11) is 1.60. The van der Waals surface area contributed by atoms with Gasteiger partial charge in [0.25, 0.3) is 5.91 Å². The zero-order valence-corrected chi connectivity index (χ0v) is 15.8. The Kier molecular flexibility index (Phi) is 4.77. The van der Waals surface area contributed by atoms with Gasteiger partial charge >= 0.3 is 0 Å². The Morgan fingerprint density at radius 3 is 2.54 bits per heavy atom. The number of nitrogens with zero attached hydrogens (tertiary/aromatic N) is 1. The monoisotopic (exact) mass is 368 g/mol. The van der Waals surface area contributed by atoms with Crippen molar-refractivity contribution in [1.29, 1.82) is 0 Å². The molecule has 28 heavy (non-hydrogen) atoms. The molecule has 4 rings (SSSR count). The zero-order valence-electron chi connectivity index (χ0n) is 15.8. The number of anilines is 1. The van der Waals surface area contributed by atoms with Crippen LogP contribution in [0.1, 0.15) is 15.9 Å². The van der Waals surface area contributed by atoms with Crippen molar-refractivity contribution < 1.29 is 9.53 Å². The van der Waals surface area contributed by atoms with Gasteiger partial charge in [-0.25, -0.2) is 0 Å². The van der Waals surface area contributed by atoms with E-state index in [9.17, 15) is 4.79 Å². The summed E-state index contributed by atoms with van der Waals surface area (Å²) in [5.74, 6) is 0.570. The van der Waals surface area contributed by atoms with Gasteiger partial charge in [0.1, 0.15) is 5.75 Å². The SMILES string of the molecule is COc1ccc(C(=O)Nc2ccc(C)c(-c3ccc4ccncc4c3)c2)cc1. The van der Waals surface area contributed by atoms with Crippen molar-refractivity contribution in [1.82, 2.24) is 4.98 Å². The van der Waals surface area contributed by atoms with Crippen LogP contribution in [0.15, 0.2) is 79.1 Å². The summed E-state index contributed by atoms with van der Waals surface area (Å²) in [5.41, 5.74) is 4.66. The average molecular weight is 368 g/mol. The summed E-state index contributed by atoms with van der Waals surface area (Å²) in [6, 6.07) is 21.3. The van der Waals surface area contributed by atoms with Gasteiger partial charge in [0, 0.05) is 29.0 Å². The first-order chi connectivity index (χ1) is 13.6. The van der Waals surface area contributed by atoms with Crippen molar-refractivity contribution in [3.05, 3.63) is 90.3 Å². The van der Waals surface area contributed by atoms with Crippen molar-refractivity contribution in [2.45, 2.75) is 6.92 Å². The molecular weight excluding hydrogens is 348 g/mol. The molecule has 4 aromatic rings. The molecule has 1 heterocycles. The van der Waals surface area contributed by atoms with E-state index in [0.29, 0.717) is 5.56 Å². The minimum Gasteiger partial charge on any atom is -0.497 e. The summed E-state index contributed by atoms with van der Waals surface area (Å²) < 4.78 is 5.14. The third-order valence-electron chi connectivity index (χ3n) is 4.80. The number of ether oxygens (including phenoxy) is 1. The molecule has 0 aliphatic rings. The molecule has 0 saturated carbocycles. The van der Waals surface area contributed by atoms with Gasteiger partial charge in [-0.2, -0.15) is 0 Å². The number of pyridine rings is 1. The number of aromatic nitrogens is 1. The standard InChI is InChI=1S/C24H20N2O2/c1-16-3-8-21(26-24(27)18-6-9-22(28-2)10-7-18)14-23(16)19-5-4-17-11-12-25-15-20(17)13-19/h3-15H,1-2H3,(H,26,27). The van der Waals surface area contributed by atoms with Crippen LogP contribution in [-0.4, -0.2) is 18.0 Å². The van der Waals surface area contributed by atoms with E-state index in [4.69, 9.17) is 4.74 Å². The van der Waals surface area contributed by atoms with Crippen molar-refractivity contribution in [3.8, 4) is 16.9 Å². The van der Waals surface area contributed by atoms with Gasteiger partial charge in [-0.3, -0.25) is 9.78 Å². The number of aryl methyl sites for hydroxylation is 1.